The van der Waals surface area contributed by atoms with E-state index in [1.807, 2.05) is 0 Å². The Morgan fingerprint density at radius 3 is 1.28 bits per heavy atom. The summed E-state index contributed by atoms with van der Waals surface area (Å²) in [7, 11) is 0. The van der Waals surface area contributed by atoms with E-state index in [1.165, 1.54) is 173 Å². The van der Waals surface area contributed by atoms with E-state index in [-0.39, 0.29) is 19.4 Å². The van der Waals surface area contributed by atoms with Gasteiger partial charge < -0.3 is 64.2 Å². The average Bonchev–Trinajstić information content (AvgIpc) is 3.40. The molecule has 2 rings (SSSR count). The lowest BCUT2D eigenvalue weighted by Crippen LogP contribution is -2.61. The summed E-state index contributed by atoms with van der Waals surface area (Å²) in [6.45, 7) is 2.60. The van der Waals surface area contributed by atoms with Crippen molar-refractivity contribution >= 4 is 11.9 Å². The zero-order chi connectivity index (χ0) is 54.6. The third kappa shape index (κ3) is 33.9. The van der Waals surface area contributed by atoms with Gasteiger partial charge in [0.05, 0.1) is 19.8 Å². The molecule has 2 aliphatic rings. The van der Waals surface area contributed by atoms with Crippen molar-refractivity contribution in [3.8, 4) is 0 Å². The molecule has 2 heterocycles. The van der Waals surface area contributed by atoms with Crippen molar-refractivity contribution in [2.45, 2.75) is 319 Å². The number of ether oxygens (including phenoxy) is 6. The van der Waals surface area contributed by atoms with Crippen LogP contribution in [0.5, 0.6) is 0 Å². The summed E-state index contributed by atoms with van der Waals surface area (Å²) in [6.07, 6.45) is 35.0. The molecule has 4 unspecified atom stereocenters. The molecule has 0 bridgehead atoms. The molecular formula is C60H110O15. The number of allylic oxidation sites excluding steroid dienone is 4. The van der Waals surface area contributed by atoms with Gasteiger partial charge in [0.1, 0.15) is 55.4 Å². The second kappa shape index (κ2) is 46.9. The number of rotatable bonds is 49. The van der Waals surface area contributed by atoms with Gasteiger partial charge in [-0.15, -0.1) is 0 Å². The summed E-state index contributed by atoms with van der Waals surface area (Å²) in [4.78, 5) is 25.9. The van der Waals surface area contributed by atoms with Gasteiger partial charge in [-0.2, -0.15) is 0 Å². The largest absolute Gasteiger partial charge is 0.462 e. The Hall–Kier alpha value is -2.02. The molecule has 0 saturated carbocycles. The van der Waals surface area contributed by atoms with Crippen LogP contribution in [0.3, 0.4) is 0 Å². The molecule has 2 fully saturated rings. The third-order valence-corrected chi connectivity index (χ3v) is 14.7. The van der Waals surface area contributed by atoms with E-state index in [1.54, 1.807) is 0 Å². The minimum atomic E-state index is -1.77. The standard InChI is InChI=1S/C60H110O15/c1-3-5-7-9-11-13-15-17-19-21-22-23-24-25-27-29-31-33-35-37-39-41-43-52(63)73-48(45-70-51(62)42-40-38-36-34-32-30-28-26-20-18-16-14-12-10-8-6-4-2)46-71-59-58(69)56(67)54(65)50(75-59)47-72-60-57(68)55(66)53(64)49(44-61)74-60/h28,30,34,36,48-50,53-61,64-69H,3-27,29,31-33,35,37-47H2,1-2H3/b30-28+,36-34+/t48-,49+,50+,53-,54-,55?,56?,57?,58?,59+,60+/m1/s1. The molecule has 7 N–H and O–H groups in total. The van der Waals surface area contributed by atoms with Crippen molar-refractivity contribution in [1.82, 2.24) is 0 Å². The number of aliphatic hydroxyl groups is 7. The van der Waals surface area contributed by atoms with E-state index in [2.05, 4.69) is 38.2 Å². The molecule has 0 aromatic rings. The fourth-order valence-corrected chi connectivity index (χ4v) is 9.73. The van der Waals surface area contributed by atoms with Crippen LogP contribution in [-0.2, 0) is 38.0 Å². The Kier molecular flexibility index (Phi) is 43.2. The van der Waals surface area contributed by atoms with Crippen molar-refractivity contribution < 1.29 is 73.8 Å². The first-order valence-corrected chi connectivity index (χ1v) is 30.4. The predicted molar refractivity (Wildman–Crippen MR) is 294 cm³/mol. The van der Waals surface area contributed by atoms with Gasteiger partial charge in [-0.25, -0.2) is 0 Å². The Morgan fingerprint density at radius 1 is 0.427 bits per heavy atom. The van der Waals surface area contributed by atoms with Crippen molar-refractivity contribution in [3.63, 3.8) is 0 Å². The maximum Gasteiger partial charge on any atom is 0.306 e. The van der Waals surface area contributed by atoms with Gasteiger partial charge in [-0.3, -0.25) is 9.59 Å². The van der Waals surface area contributed by atoms with Gasteiger partial charge in [0.25, 0.3) is 0 Å². The van der Waals surface area contributed by atoms with Crippen molar-refractivity contribution in [3.05, 3.63) is 24.3 Å². The Bertz CT molecular complexity index is 1400. The molecule has 0 aromatic carbocycles. The SMILES string of the molecule is CCCCCCCCCCC/C=C/C/C=C/CCCC(=O)OC[C@H](CO[C@H]1O[C@@H](CO[C@H]2O[C@@H](CO)[C@@H](O)C(O)C2O)[C@@H](O)C(O)C1O)OC(=O)CCCCCCCCCCCCCCCCCCCCCCCC. The summed E-state index contributed by atoms with van der Waals surface area (Å²) in [5, 5.41) is 72.3. The minimum Gasteiger partial charge on any atom is -0.462 e. The second-order valence-electron chi connectivity index (χ2n) is 21.5. The van der Waals surface area contributed by atoms with Crippen molar-refractivity contribution in [2.75, 3.05) is 26.4 Å². The molecule has 2 aliphatic heterocycles. The lowest BCUT2D eigenvalue weighted by atomic mass is 9.98. The normalized spacial score (nSPS) is 24.6. The van der Waals surface area contributed by atoms with Crippen LogP contribution in [0.4, 0.5) is 0 Å². The number of unbranched alkanes of at least 4 members (excludes halogenated alkanes) is 31. The monoisotopic (exact) mass is 1070 g/mol. The Balaban J connectivity index is 1.74. The van der Waals surface area contributed by atoms with Crippen LogP contribution in [0.2, 0.25) is 0 Å². The first kappa shape index (κ1) is 69.1. The van der Waals surface area contributed by atoms with Gasteiger partial charge in [-0.1, -0.05) is 224 Å². The topological polar surface area (TPSA) is 231 Å². The van der Waals surface area contributed by atoms with Gasteiger partial charge >= 0.3 is 11.9 Å². The Labute approximate surface area is 453 Å². The van der Waals surface area contributed by atoms with Crippen molar-refractivity contribution in [1.29, 1.82) is 0 Å². The molecule has 0 aliphatic carbocycles. The molecule has 0 aromatic heterocycles. The fraction of sp³-hybridized carbons (Fsp3) is 0.900. The highest BCUT2D eigenvalue weighted by molar-refractivity contribution is 5.70. The predicted octanol–water partition coefficient (Wildman–Crippen LogP) is 10.7. The zero-order valence-electron chi connectivity index (χ0n) is 47.0. The molecule has 15 nitrogen and oxygen atoms in total. The van der Waals surface area contributed by atoms with Gasteiger partial charge in [0, 0.05) is 12.8 Å². The lowest BCUT2D eigenvalue weighted by molar-refractivity contribution is -0.332. The van der Waals surface area contributed by atoms with Crippen LogP contribution < -0.4 is 0 Å². The number of carbonyl (C=O) groups excluding carboxylic acids is 2. The zero-order valence-corrected chi connectivity index (χ0v) is 47.0. The smallest absolute Gasteiger partial charge is 0.306 e. The van der Waals surface area contributed by atoms with Crippen LogP contribution in [0, 0.1) is 0 Å². The molecule has 0 amide bonds. The summed E-state index contributed by atoms with van der Waals surface area (Å²) < 4.78 is 33.7. The molecule has 15 heteroatoms. The quantitative estimate of drug-likeness (QED) is 0.0171. The summed E-state index contributed by atoms with van der Waals surface area (Å²) in [5.74, 6) is -0.964. The van der Waals surface area contributed by atoms with Crippen LogP contribution in [-0.4, -0.2) is 142 Å². The molecule has 0 spiro atoms. The van der Waals surface area contributed by atoms with E-state index in [4.69, 9.17) is 28.4 Å². The first-order valence-electron chi connectivity index (χ1n) is 30.4. The maximum absolute atomic E-state index is 13.1. The lowest BCUT2D eigenvalue weighted by Gasteiger charge is -2.42. The maximum atomic E-state index is 13.1. The average molecular weight is 1070 g/mol. The number of esters is 2. The molecule has 0 radical (unpaired) electrons. The summed E-state index contributed by atoms with van der Waals surface area (Å²) >= 11 is 0. The molecule has 11 atom stereocenters. The Morgan fingerprint density at radius 2 is 0.813 bits per heavy atom. The molecule has 75 heavy (non-hydrogen) atoms. The van der Waals surface area contributed by atoms with Gasteiger partial charge in [0.2, 0.25) is 0 Å². The van der Waals surface area contributed by atoms with Gasteiger partial charge in [-0.05, 0) is 38.5 Å². The van der Waals surface area contributed by atoms with E-state index < -0.39 is 99.3 Å². The van der Waals surface area contributed by atoms with Crippen LogP contribution in [0.15, 0.2) is 24.3 Å². The third-order valence-electron chi connectivity index (χ3n) is 14.7. The highest BCUT2D eigenvalue weighted by Crippen LogP contribution is 2.27. The van der Waals surface area contributed by atoms with Crippen LogP contribution >= 0.6 is 0 Å². The minimum absolute atomic E-state index is 0.157. The molecule has 440 valence electrons. The molecule has 2 saturated heterocycles. The van der Waals surface area contributed by atoms with Crippen LogP contribution in [0.1, 0.15) is 251 Å². The number of carbonyl (C=O) groups is 2. The van der Waals surface area contributed by atoms with E-state index >= 15 is 0 Å². The summed E-state index contributed by atoms with van der Waals surface area (Å²) in [6, 6.07) is 0. The van der Waals surface area contributed by atoms with Gasteiger partial charge in [0.15, 0.2) is 18.7 Å². The molecular weight excluding hydrogens is 961 g/mol. The fourth-order valence-electron chi connectivity index (χ4n) is 9.73. The number of hydrogen-bond donors (Lipinski definition) is 7. The second-order valence-corrected chi connectivity index (χ2v) is 21.5. The van der Waals surface area contributed by atoms with Crippen molar-refractivity contribution in [2.24, 2.45) is 0 Å². The number of aliphatic hydroxyl groups excluding tert-OH is 7. The highest BCUT2D eigenvalue weighted by Gasteiger charge is 2.47. The first-order chi connectivity index (χ1) is 36.5. The van der Waals surface area contributed by atoms with E-state index in [9.17, 15) is 45.3 Å². The van der Waals surface area contributed by atoms with E-state index in [0.717, 1.165) is 32.1 Å². The van der Waals surface area contributed by atoms with Crippen LogP contribution in [0.25, 0.3) is 0 Å². The number of hydrogen-bond acceptors (Lipinski definition) is 15. The summed E-state index contributed by atoms with van der Waals surface area (Å²) in [5.41, 5.74) is 0. The highest BCUT2D eigenvalue weighted by atomic mass is 16.7. The van der Waals surface area contributed by atoms with E-state index in [0.29, 0.717) is 19.3 Å².